The van der Waals surface area contributed by atoms with Gasteiger partial charge in [-0.3, -0.25) is 4.98 Å². The molecule has 6 aromatic carbocycles. The number of hydrogen-bond acceptors (Lipinski definition) is 2. The van der Waals surface area contributed by atoms with E-state index in [-0.39, 0.29) is 0 Å². The van der Waals surface area contributed by atoms with Gasteiger partial charge in [-0.25, -0.2) is 0 Å². The summed E-state index contributed by atoms with van der Waals surface area (Å²) >= 11 is 1.86. The van der Waals surface area contributed by atoms with Crippen LogP contribution >= 0.6 is 11.3 Å². The Morgan fingerprint density at radius 1 is 0.489 bits per heavy atom. The van der Waals surface area contributed by atoms with E-state index >= 15 is 0 Å². The molecule has 3 heterocycles. The van der Waals surface area contributed by atoms with Gasteiger partial charge in [-0.15, -0.1) is 11.3 Å². The van der Waals surface area contributed by atoms with E-state index in [1.807, 2.05) is 17.5 Å². The van der Waals surface area contributed by atoms with Crippen LogP contribution in [0.1, 0.15) is 22.3 Å². The first kappa shape index (κ1) is 24.9. The fourth-order valence-corrected chi connectivity index (χ4v) is 9.02. The predicted molar refractivity (Wildman–Crippen MR) is 189 cm³/mol. The molecule has 0 bridgehead atoms. The highest BCUT2D eigenvalue weighted by Gasteiger charge is 2.46. The Labute approximate surface area is 264 Å². The first-order valence-corrected chi connectivity index (χ1v) is 16.2. The van der Waals surface area contributed by atoms with E-state index in [9.17, 15) is 0 Å². The Morgan fingerprint density at radius 3 is 2.02 bits per heavy atom. The lowest BCUT2D eigenvalue weighted by atomic mass is 9.67. The summed E-state index contributed by atoms with van der Waals surface area (Å²) in [6, 6.07) is 55.8. The minimum Gasteiger partial charge on any atom is -0.308 e. The third-order valence-corrected chi connectivity index (χ3v) is 10.9. The maximum absolute atomic E-state index is 4.94. The first-order chi connectivity index (χ1) is 22.3. The van der Waals surface area contributed by atoms with Crippen LogP contribution in [0.4, 0.5) is 0 Å². The first-order valence-electron chi connectivity index (χ1n) is 15.4. The molecule has 0 amide bonds. The zero-order valence-corrected chi connectivity index (χ0v) is 25.1. The number of benzene rings is 6. The fourth-order valence-electron chi connectivity index (χ4n) is 7.90. The largest absolute Gasteiger partial charge is 0.308 e. The molecule has 3 aromatic heterocycles. The van der Waals surface area contributed by atoms with Gasteiger partial charge in [0.2, 0.25) is 0 Å². The van der Waals surface area contributed by atoms with E-state index in [0.717, 1.165) is 16.7 Å². The van der Waals surface area contributed by atoms with Crippen LogP contribution in [-0.4, -0.2) is 9.55 Å². The highest BCUT2D eigenvalue weighted by atomic mass is 32.1. The zero-order chi connectivity index (χ0) is 29.5. The summed E-state index contributed by atoms with van der Waals surface area (Å²) in [5, 5.41) is 3.79. The highest BCUT2D eigenvalue weighted by Crippen LogP contribution is 2.56. The van der Waals surface area contributed by atoms with E-state index in [4.69, 9.17) is 4.98 Å². The number of thiophene rings is 1. The lowest BCUT2D eigenvalue weighted by Gasteiger charge is -2.34. The van der Waals surface area contributed by atoms with Crippen LogP contribution in [0.25, 0.3) is 58.9 Å². The van der Waals surface area contributed by atoms with E-state index in [0.29, 0.717) is 0 Å². The molecule has 1 aliphatic carbocycles. The van der Waals surface area contributed by atoms with Gasteiger partial charge in [-0.05, 0) is 75.8 Å². The van der Waals surface area contributed by atoms with E-state index in [2.05, 4.69) is 156 Å². The van der Waals surface area contributed by atoms with Crippen LogP contribution in [0, 0.1) is 0 Å². The molecule has 2 nitrogen and oxygen atoms in total. The van der Waals surface area contributed by atoms with Gasteiger partial charge in [0, 0.05) is 37.4 Å². The van der Waals surface area contributed by atoms with E-state index in [1.54, 1.807) is 0 Å². The Hall–Kier alpha value is -5.51. The van der Waals surface area contributed by atoms with E-state index < -0.39 is 5.41 Å². The van der Waals surface area contributed by atoms with Crippen molar-refractivity contribution in [2.75, 3.05) is 0 Å². The molecule has 0 atom stereocenters. The Bertz CT molecular complexity index is 2550. The zero-order valence-electron chi connectivity index (χ0n) is 24.3. The van der Waals surface area contributed by atoms with Crippen LogP contribution < -0.4 is 0 Å². The molecule has 0 unspecified atom stereocenters. The molecule has 1 aliphatic rings. The molecule has 0 N–H and O–H groups in total. The number of nitrogens with zero attached hydrogens (tertiary/aromatic N) is 2. The predicted octanol–water partition coefficient (Wildman–Crippen LogP) is 10.9. The monoisotopic (exact) mass is 590 g/mol. The molecule has 10 rings (SSSR count). The van der Waals surface area contributed by atoms with Crippen LogP contribution in [0.5, 0.6) is 0 Å². The van der Waals surface area contributed by atoms with Crippen LogP contribution in [0.15, 0.2) is 158 Å². The SMILES string of the molecule is c1ccc(C2(c3ccccc3)c3ccccc3-c3ccc(-n4c5cc6sc7ccccc7c6cc5c5ncccc54)cc32)cc1. The average Bonchev–Trinajstić information content (AvgIpc) is 3.73. The molecule has 210 valence electrons. The molecule has 0 aliphatic heterocycles. The van der Waals surface area contributed by atoms with Gasteiger partial charge in [0.25, 0.3) is 0 Å². The lowest BCUT2D eigenvalue weighted by Crippen LogP contribution is -2.28. The van der Waals surface area contributed by atoms with Crippen molar-refractivity contribution in [2.45, 2.75) is 5.41 Å². The van der Waals surface area contributed by atoms with Crippen molar-refractivity contribution in [1.29, 1.82) is 0 Å². The smallest absolute Gasteiger partial charge is 0.0963 e. The molecule has 0 radical (unpaired) electrons. The van der Waals surface area contributed by atoms with Crippen molar-refractivity contribution in [3.63, 3.8) is 0 Å². The summed E-state index contributed by atoms with van der Waals surface area (Å²) in [7, 11) is 0. The van der Waals surface area contributed by atoms with Crippen LogP contribution in [0.3, 0.4) is 0 Å². The molecule has 0 saturated heterocycles. The van der Waals surface area contributed by atoms with Crippen molar-refractivity contribution in [1.82, 2.24) is 9.55 Å². The van der Waals surface area contributed by atoms with Crippen molar-refractivity contribution >= 4 is 53.4 Å². The molecule has 45 heavy (non-hydrogen) atoms. The Balaban J connectivity index is 1.32. The minimum absolute atomic E-state index is 0.444. The topological polar surface area (TPSA) is 17.8 Å². The van der Waals surface area contributed by atoms with Gasteiger partial charge < -0.3 is 4.57 Å². The van der Waals surface area contributed by atoms with Gasteiger partial charge in [-0.1, -0.05) is 109 Å². The fraction of sp³-hybridized carbons (Fsp3) is 0.0238. The van der Waals surface area contributed by atoms with Crippen molar-refractivity contribution in [3.05, 3.63) is 180 Å². The van der Waals surface area contributed by atoms with Gasteiger partial charge >= 0.3 is 0 Å². The quantitative estimate of drug-likeness (QED) is 0.200. The van der Waals surface area contributed by atoms with Gasteiger partial charge in [0.1, 0.15) is 0 Å². The second-order valence-corrected chi connectivity index (χ2v) is 13.0. The molecule has 0 spiro atoms. The molecular formula is C42H26N2S. The summed E-state index contributed by atoms with van der Waals surface area (Å²) in [4.78, 5) is 4.94. The normalized spacial score (nSPS) is 13.5. The van der Waals surface area contributed by atoms with Crippen molar-refractivity contribution in [3.8, 4) is 16.8 Å². The second-order valence-electron chi connectivity index (χ2n) is 11.9. The Kier molecular flexibility index (Phi) is 5.11. The number of fused-ring (bicyclic) bond motifs is 9. The maximum atomic E-state index is 4.94. The van der Waals surface area contributed by atoms with Gasteiger partial charge in [-0.2, -0.15) is 0 Å². The molecule has 3 heteroatoms. The summed E-state index contributed by atoms with van der Waals surface area (Å²) in [6.07, 6.45) is 1.91. The summed E-state index contributed by atoms with van der Waals surface area (Å²) < 4.78 is 5.03. The summed E-state index contributed by atoms with van der Waals surface area (Å²) in [5.74, 6) is 0. The summed E-state index contributed by atoms with van der Waals surface area (Å²) in [5.41, 5.74) is 11.8. The summed E-state index contributed by atoms with van der Waals surface area (Å²) in [6.45, 7) is 0. The average molecular weight is 591 g/mol. The van der Waals surface area contributed by atoms with Crippen molar-refractivity contribution in [2.24, 2.45) is 0 Å². The third-order valence-electron chi connectivity index (χ3n) is 9.72. The molecule has 0 saturated carbocycles. The van der Waals surface area contributed by atoms with E-state index in [1.165, 1.54) is 64.5 Å². The molecule has 9 aromatic rings. The Morgan fingerprint density at radius 2 is 1.20 bits per heavy atom. The standard InChI is InChI=1S/C42H26N2S/c1-3-12-27(13-4-1)42(28-14-5-2-6-15-28)35-18-9-7-16-30(35)31-22-21-29(24-36(31)42)44-37-19-11-23-43-41(37)34-25-33-32-17-8-10-20-39(32)45-40(33)26-38(34)44/h1-26H. The van der Waals surface area contributed by atoms with Crippen LogP contribution in [-0.2, 0) is 5.41 Å². The highest BCUT2D eigenvalue weighted by molar-refractivity contribution is 7.25. The van der Waals surface area contributed by atoms with Crippen LogP contribution in [0.2, 0.25) is 0 Å². The number of aromatic nitrogens is 2. The maximum Gasteiger partial charge on any atom is 0.0963 e. The number of hydrogen-bond donors (Lipinski definition) is 0. The minimum atomic E-state index is -0.444. The second kappa shape index (κ2) is 9.25. The molecule has 0 fully saturated rings. The van der Waals surface area contributed by atoms with Gasteiger partial charge in [0.15, 0.2) is 0 Å². The van der Waals surface area contributed by atoms with Gasteiger partial charge in [0.05, 0.1) is 22.0 Å². The molecular weight excluding hydrogens is 565 g/mol. The third kappa shape index (κ3) is 3.31. The number of rotatable bonds is 3. The van der Waals surface area contributed by atoms with Crippen molar-refractivity contribution < 1.29 is 0 Å². The lowest BCUT2D eigenvalue weighted by molar-refractivity contribution is 0.767. The number of pyridine rings is 1.